The molecule has 0 unspecified atom stereocenters. The predicted octanol–water partition coefficient (Wildman–Crippen LogP) is 3.20. The molecular weight excluding hydrogens is 406 g/mol. The predicted molar refractivity (Wildman–Crippen MR) is 112 cm³/mol. The van der Waals surface area contributed by atoms with Crippen LogP contribution in [0.2, 0.25) is 5.02 Å². The highest BCUT2D eigenvalue weighted by molar-refractivity contribution is 6.32. The largest absolute Gasteiger partial charge is 0.324 e. The average molecular weight is 426 g/mol. The van der Waals surface area contributed by atoms with E-state index in [1.807, 2.05) is 39.0 Å². The number of anilines is 2. The molecule has 4 rings (SSSR count). The minimum atomic E-state index is -0.967. The van der Waals surface area contributed by atoms with Gasteiger partial charge in [0, 0.05) is 10.7 Å². The highest BCUT2D eigenvalue weighted by Crippen LogP contribution is 2.33. The van der Waals surface area contributed by atoms with E-state index in [-0.39, 0.29) is 12.5 Å². The van der Waals surface area contributed by atoms with Crippen molar-refractivity contribution >= 4 is 40.7 Å². The van der Waals surface area contributed by atoms with Gasteiger partial charge in [0.1, 0.15) is 6.54 Å². The van der Waals surface area contributed by atoms with Crippen LogP contribution in [-0.2, 0) is 14.4 Å². The number of rotatable bonds is 4. The van der Waals surface area contributed by atoms with Crippen LogP contribution >= 0.6 is 11.6 Å². The summed E-state index contributed by atoms with van der Waals surface area (Å²) in [6, 6.07) is 8.81. The molecule has 8 nitrogen and oxygen atoms in total. The van der Waals surface area contributed by atoms with Crippen molar-refractivity contribution in [2.75, 3.05) is 16.8 Å². The zero-order valence-corrected chi connectivity index (χ0v) is 17.5. The third-order valence-electron chi connectivity index (χ3n) is 5.24. The van der Waals surface area contributed by atoms with Gasteiger partial charge in [0.15, 0.2) is 12.1 Å². The Kier molecular flexibility index (Phi) is 5.03. The molecule has 2 aliphatic rings. The first kappa shape index (κ1) is 20.0. The van der Waals surface area contributed by atoms with Crippen molar-refractivity contribution in [2.24, 2.45) is 10.3 Å². The summed E-state index contributed by atoms with van der Waals surface area (Å²) in [7, 11) is 0. The average Bonchev–Trinajstić information content (AvgIpc) is 3.21. The second-order valence-electron chi connectivity index (χ2n) is 7.50. The Morgan fingerprint density at radius 3 is 2.53 bits per heavy atom. The van der Waals surface area contributed by atoms with Crippen LogP contribution in [-0.4, -0.2) is 41.4 Å². The van der Waals surface area contributed by atoms with Gasteiger partial charge in [-0.05, 0) is 55.7 Å². The van der Waals surface area contributed by atoms with Crippen molar-refractivity contribution in [1.29, 1.82) is 0 Å². The molecule has 9 heteroatoms. The van der Waals surface area contributed by atoms with Gasteiger partial charge in [-0.1, -0.05) is 35.0 Å². The molecule has 3 amide bonds. The van der Waals surface area contributed by atoms with Gasteiger partial charge < -0.3 is 5.32 Å². The Hall–Kier alpha value is -3.26. The maximum atomic E-state index is 13.0. The number of fused-ring (bicyclic) bond motifs is 1. The quantitative estimate of drug-likeness (QED) is 0.761. The Balaban J connectivity index is 1.51. The van der Waals surface area contributed by atoms with E-state index in [1.165, 1.54) is 5.01 Å². The van der Waals surface area contributed by atoms with Gasteiger partial charge in [0.05, 0.1) is 5.69 Å². The molecule has 154 valence electrons. The van der Waals surface area contributed by atoms with Gasteiger partial charge in [-0.3, -0.25) is 19.4 Å². The minimum Gasteiger partial charge on any atom is -0.324 e. The van der Waals surface area contributed by atoms with Gasteiger partial charge in [-0.2, -0.15) is 5.11 Å². The Morgan fingerprint density at radius 2 is 1.80 bits per heavy atom. The molecule has 2 heterocycles. The summed E-state index contributed by atoms with van der Waals surface area (Å²) in [5.74, 6) is -1.30. The summed E-state index contributed by atoms with van der Waals surface area (Å²) >= 11 is 6.15. The van der Waals surface area contributed by atoms with Crippen LogP contribution in [0.1, 0.15) is 16.7 Å². The molecular formula is C21H20ClN5O3. The molecule has 1 saturated heterocycles. The number of hydrogen-bond donors (Lipinski definition) is 1. The standard InChI is InChI=1S/C21H20ClN5O3/c1-11-4-5-13(3)16(8-11)23-17(28)10-26-19-18(24-25-26)20(29)27(21(19)30)14-7-6-12(2)15(22)9-14/h4-9,18-19H,10H2,1-3H3,(H,23,28)/t18-,19-/m0/s1. The van der Waals surface area contributed by atoms with Crippen LogP contribution < -0.4 is 10.2 Å². The number of benzene rings is 2. The van der Waals surface area contributed by atoms with Crippen LogP contribution in [0.5, 0.6) is 0 Å². The van der Waals surface area contributed by atoms with Crippen LogP contribution in [0.25, 0.3) is 0 Å². The smallest absolute Gasteiger partial charge is 0.263 e. The third kappa shape index (κ3) is 3.43. The number of carbonyl (C=O) groups is 3. The first-order valence-corrected chi connectivity index (χ1v) is 9.82. The van der Waals surface area contributed by atoms with Gasteiger partial charge in [-0.15, -0.1) is 0 Å². The normalized spacial score (nSPS) is 20.1. The van der Waals surface area contributed by atoms with Crippen LogP contribution in [0, 0.1) is 20.8 Å². The van der Waals surface area contributed by atoms with Gasteiger partial charge in [0.2, 0.25) is 5.91 Å². The SMILES string of the molecule is Cc1ccc(C)c(NC(=O)CN2N=N[C@@H]3C(=O)N(c4ccc(C)c(Cl)c4)C(=O)[C@H]32)c1. The fourth-order valence-electron chi connectivity index (χ4n) is 3.54. The topological polar surface area (TPSA) is 94.4 Å². The van der Waals surface area contributed by atoms with E-state index in [1.54, 1.807) is 18.2 Å². The molecule has 0 saturated carbocycles. The Bertz CT molecular complexity index is 1100. The van der Waals surface area contributed by atoms with E-state index in [0.717, 1.165) is 21.6 Å². The molecule has 0 aromatic heterocycles. The van der Waals surface area contributed by atoms with E-state index >= 15 is 0 Å². The van der Waals surface area contributed by atoms with Crippen LogP contribution in [0.3, 0.4) is 0 Å². The lowest BCUT2D eigenvalue weighted by atomic mass is 10.1. The van der Waals surface area contributed by atoms with Gasteiger partial charge >= 0.3 is 0 Å². The molecule has 1 fully saturated rings. The maximum Gasteiger partial charge on any atom is 0.263 e. The van der Waals surface area contributed by atoms with Gasteiger partial charge in [0.25, 0.3) is 11.8 Å². The molecule has 30 heavy (non-hydrogen) atoms. The summed E-state index contributed by atoms with van der Waals surface area (Å²) < 4.78 is 0. The molecule has 0 bridgehead atoms. The van der Waals surface area contributed by atoms with E-state index in [2.05, 4.69) is 15.7 Å². The maximum absolute atomic E-state index is 13.0. The molecule has 0 spiro atoms. The fraction of sp³-hybridized carbons (Fsp3) is 0.286. The number of imide groups is 1. The number of amides is 3. The molecule has 1 N–H and O–H groups in total. The van der Waals surface area contributed by atoms with E-state index in [4.69, 9.17) is 11.6 Å². The number of halogens is 1. The lowest BCUT2D eigenvalue weighted by Gasteiger charge is -2.20. The fourth-order valence-corrected chi connectivity index (χ4v) is 3.71. The Labute approximate surface area is 178 Å². The molecule has 2 aliphatic heterocycles. The lowest BCUT2D eigenvalue weighted by molar-refractivity contribution is -0.123. The lowest BCUT2D eigenvalue weighted by Crippen LogP contribution is -2.43. The van der Waals surface area contributed by atoms with Crippen molar-refractivity contribution in [2.45, 2.75) is 32.9 Å². The van der Waals surface area contributed by atoms with E-state index < -0.39 is 23.9 Å². The van der Waals surface area contributed by atoms with Crippen molar-refractivity contribution in [1.82, 2.24) is 5.01 Å². The number of carbonyl (C=O) groups excluding carboxylic acids is 3. The van der Waals surface area contributed by atoms with Gasteiger partial charge in [-0.25, -0.2) is 4.90 Å². The molecule has 2 atom stereocenters. The number of nitrogens with zero attached hydrogens (tertiary/aromatic N) is 4. The van der Waals surface area contributed by atoms with Crippen molar-refractivity contribution in [3.8, 4) is 0 Å². The summed E-state index contributed by atoms with van der Waals surface area (Å²) in [5, 5.41) is 12.4. The Morgan fingerprint density at radius 1 is 1.07 bits per heavy atom. The van der Waals surface area contributed by atoms with Crippen LogP contribution in [0.15, 0.2) is 46.7 Å². The van der Waals surface area contributed by atoms with Crippen molar-refractivity contribution in [3.05, 3.63) is 58.1 Å². The minimum absolute atomic E-state index is 0.195. The number of hydrogen-bond acceptors (Lipinski definition) is 6. The van der Waals surface area contributed by atoms with Crippen LogP contribution in [0.4, 0.5) is 11.4 Å². The zero-order chi connectivity index (χ0) is 21.6. The summed E-state index contributed by atoms with van der Waals surface area (Å²) in [4.78, 5) is 39.4. The second-order valence-corrected chi connectivity index (χ2v) is 7.91. The first-order valence-electron chi connectivity index (χ1n) is 9.45. The molecule has 2 aromatic rings. The van der Waals surface area contributed by atoms with Crippen molar-refractivity contribution in [3.63, 3.8) is 0 Å². The summed E-state index contributed by atoms with van der Waals surface area (Å²) in [5.41, 5.74) is 3.84. The van der Waals surface area contributed by atoms with E-state index in [0.29, 0.717) is 16.4 Å². The third-order valence-corrected chi connectivity index (χ3v) is 5.65. The second kappa shape index (κ2) is 7.53. The highest BCUT2D eigenvalue weighted by atomic mass is 35.5. The molecule has 2 aromatic carbocycles. The molecule has 0 aliphatic carbocycles. The zero-order valence-electron chi connectivity index (χ0n) is 16.7. The summed E-state index contributed by atoms with van der Waals surface area (Å²) in [6.07, 6.45) is 0. The number of nitrogens with one attached hydrogen (secondary N) is 1. The molecule has 0 radical (unpaired) electrons. The highest BCUT2D eigenvalue weighted by Gasteiger charge is 2.55. The first-order chi connectivity index (χ1) is 14.3. The number of aryl methyl sites for hydroxylation is 3. The summed E-state index contributed by atoms with van der Waals surface area (Å²) in [6.45, 7) is 5.46. The van der Waals surface area contributed by atoms with Crippen molar-refractivity contribution < 1.29 is 14.4 Å². The van der Waals surface area contributed by atoms with E-state index in [9.17, 15) is 14.4 Å². The monoisotopic (exact) mass is 425 g/mol.